The minimum absolute atomic E-state index is 0.160. The fourth-order valence-electron chi connectivity index (χ4n) is 2.08. The summed E-state index contributed by atoms with van der Waals surface area (Å²) in [6.45, 7) is 9.52. The highest BCUT2D eigenvalue weighted by atomic mass is 35.5. The lowest BCUT2D eigenvalue weighted by atomic mass is 9.77. The number of hydrogen-bond donors (Lipinski definition) is 2. The van der Waals surface area contributed by atoms with E-state index >= 15 is 0 Å². The molecule has 130 valence electrons. The van der Waals surface area contributed by atoms with E-state index in [0.29, 0.717) is 11.2 Å². The monoisotopic (exact) mass is 352 g/mol. The lowest BCUT2D eigenvalue weighted by Gasteiger charge is -2.32. The normalized spacial score (nSPS) is 19.4. The summed E-state index contributed by atoms with van der Waals surface area (Å²) in [5.41, 5.74) is 5.69. The molecule has 1 aliphatic rings. The summed E-state index contributed by atoms with van der Waals surface area (Å²) in [6.07, 6.45) is 3.12. The highest BCUT2D eigenvalue weighted by Gasteiger charge is 2.52. The maximum atomic E-state index is 11.3. The third kappa shape index (κ3) is 4.06. The molecule has 1 aromatic heterocycles. The first-order valence-electron chi connectivity index (χ1n) is 7.60. The van der Waals surface area contributed by atoms with Gasteiger partial charge in [-0.05, 0) is 39.2 Å². The zero-order valence-electron chi connectivity index (χ0n) is 14.5. The average Bonchev–Trinajstić information content (AvgIpc) is 2.65. The summed E-state index contributed by atoms with van der Waals surface area (Å²) in [6, 6.07) is 0. The van der Waals surface area contributed by atoms with Gasteiger partial charge in [0.2, 0.25) is 5.91 Å². The van der Waals surface area contributed by atoms with E-state index in [1.54, 1.807) is 6.08 Å². The molecule has 1 saturated heterocycles. The molecule has 1 aromatic rings. The van der Waals surface area contributed by atoms with Gasteiger partial charge < -0.3 is 20.4 Å². The highest BCUT2D eigenvalue weighted by molar-refractivity contribution is 6.56. The first-order chi connectivity index (χ1) is 11.0. The Hall–Kier alpha value is -1.64. The molecular formula is C15H22BClN4O3. The predicted octanol–water partition coefficient (Wildman–Crippen LogP) is 1.86. The van der Waals surface area contributed by atoms with Gasteiger partial charge in [0, 0.05) is 13.5 Å². The zero-order valence-corrected chi connectivity index (χ0v) is 15.3. The molecule has 0 unspecified atom stereocenters. The molecule has 2 rings (SSSR count). The summed E-state index contributed by atoms with van der Waals surface area (Å²) in [5.74, 6) is 0.0723. The second kappa shape index (κ2) is 6.70. The van der Waals surface area contributed by atoms with Crippen LogP contribution in [0.25, 0.3) is 6.08 Å². The number of rotatable bonds is 4. The Kier molecular flexibility index (Phi) is 5.22. The Morgan fingerprint density at radius 1 is 1.38 bits per heavy atom. The molecule has 0 aromatic carbocycles. The van der Waals surface area contributed by atoms with Gasteiger partial charge in [-0.3, -0.25) is 4.79 Å². The first-order valence-corrected chi connectivity index (χ1v) is 7.98. The van der Waals surface area contributed by atoms with Crippen molar-refractivity contribution in [1.82, 2.24) is 15.3 Å². The topological polar surface area (TPSA) is 99.4 Å². The molecule has 7 nitrogen and oxygen atoms in total. The van der Waals surface area contributed by atoms with Gasteiger partial charge in [-0.2, -0.15) is 0 Å². The van der Waals surface area contributed by atoms with Crippen LogP contribution in [0.2, 0.25) is 5.15 Å². The maximum Gasteiger partial charge on any atom is 0.492 e. The van der Waals surface area contributed by atoms with Gasteiger partial charge in [0.1, 0.15) is 5.82 Å². The SMILES string of the molecule is CC(=O)NCC(=Cc1ncc(N)nc1Cl)B1OC(C)(C)C(C)(C)O1. The lowest BCUT2D eigenvalue weighted by molar-refractivity contribution is -0.118. The van der Waals surface area contributed by atoms with Crippen molar-refractivity contribution in [3.8, 4) is 0 Å². The number of carbonyl (C=O) groups excluding carboxylic acids is 1. The molecule has 0 saturated carbocycles. The van der Waals surface area contributed by atoms with Crippen LogP contribution in [0.4, 0.5) is 5.82 Å². The molecule has 0 atom stereocenters. The first kappa shape index (κ1) is 18.7. The van der Waals surface area contributed by atoms with E-state index in [2.05, 4.69) is 15.3 Å². The van der Waals surface area contributed by atoms with Crippen molar-refractivity contribution in [2.45, 2.75) is 45.8 Å². The minimum atomic E-state index is -0.628. The van der Waals surface area contributed by atoms with Crippen LogP contribution in [0.1, 0.15) is 40.3 Å². The van der Waals surface area contributed by atoms with Gasteiger partial charge in [0.25, 0.3) is 0 Å². The van der Waals surface area contributed by atoms with Crippen LogP contribution in [0.15, 0.2) is 11.7 Å². The van der Waals surface area contributed by atoms with Crippen LogP contribution < -0.4 is 11.1 Å². The van der Waals surface area contributed by atoms with Crippen LogP contribution in [-0.4, -0.2) is 40.7 Å². The van der Waals surface area contributed by atoms with E-state index in [1.807, 2.05) is 27.7 Å². The second-order valence-corrected chi connectivity index (χ2v) is 7.05. The number of hydrogen-bond acceptors (Lipinski definition) is 6. The molecule has 9 heteroatoms. The van der Waals surface area contributed by atoms with Crippen molar-refractivity contribution < 1.29 is 14.1 Å². The third-order valence-corrected chi connectivity index (χ3v) is 4.47. The fraction of sp³-hybridized carbons (Fsp3) is 0.533. The van der Waals surface area contributed by atoms with Crippen LogP contribution in [0.5, 0.6) is 0 Å². The quantitative estimate of drug-likeness (QED) is 0.802. The van der Waals surface area contributed by atoms with Gasteiger partial charge in [-0.15, -0.1) is 0 Å². The van der Waals surface area contributed by atoms with Gasteiger partial charge >= 0.3 is 7.12 Å². The van der Waals surface area contributed by atoms with E-state index < -0.39 is 18.3 Å². The van der Waals surface area contributed by atoms with Crippen LogP contribution in [0, 0.1) is 0 Å². The second-order valence-electron chi connectivity index (χ2n) is 6.69. The number of nitrogens with two attached hydrogens (primary N) is 1. The molecule has 1 aliphatic heterocycles. The van der Waals surface area contributed by atoms with Gasteiger partial charge in [-0.25, -0.2) is 9.97 Å². The predicted molar refractivity (Wildman–Crippen MR) is 94.2 cm³/mol. The van der Waals surface area contributed by atoms with Crippen molar-refractivity contribution in [2.75, 3.05) is 12.3 Å². The number of anilines is 1. The summed E-state index contributed by atoms with van der Waals surface area (Å²) in [5, 5.41) is 2.92. The molecule has 0 bridgehead atoms. The number of amides is 1. The van der Waals surface area contributed by atoms with Gasteiger partial charge in [0.15, 0.2) is 5.15 Å². The zero-order chi connectivity index (χ0) is 18.1. The van der Waals surface area contributed by atoms with Crippen molar-refractivity contribution in [2.24, 2.45) is 0 Å². The molecule has 0 radical (unpaired) electrons. The number of halogens is 1. The van der Waals surface area contributed by atoms with E-state index in [9.17, 15) is 4.79 Å². The maximum absolute atomic E-state index is 11.3. The van der Waals surface area contributed by atoms with Crippen molar-refractivity contribution in [3.05, 3.63) is 22.5 Å². The molecule has 24 heavy (non-hydrogen) atoms. The van der Waals surface area contributed by atoms with E-state index in [0.717, 1.165) is 0 Å². The van der Waals surface area contributed by atoms with Crippen molar-refractivity contribution >= 4 is 36.5 Å². The van der Waals surface area contributed by atoms with Gasteiger partial charge in [-0.1, -0.05) is 11.6 Å². The van der Waals surface area contributed by atoms with Crippen molar-refractivity contribution in [3.63, 3.8) is 0 Å². The number of carbonyl (C=O) groups is 1. The van der Waals surface area contributed by atoms with Crippen molar-refractivity contribution in [1.29, 1.82) is 0 Å². The minimum Gasteiger partial charge on any atom is -0.400 e. The van der Waals surface area contributed by atoms with Crippen LogP contribution in [0.3, 0.4) is 0 Å². The van der Waals surface area contributed by atoms with E-state index in [4.69, 9.17) is 26.6 Å². The molecule has 2 heterocycles. The number of nitrogens with zero attached hydrogens (tertiary/aromatic N) is 2. The van der Waals surface area contributed by atoms with Gasteiger partial charge in [0.05, 0.1) is 23.1 Å². The average molecular weight is 353 g/mol. The van der Waals surface area contributed by atoms with Crippen LogP contribution >= 0.6 is 11.6 Å². The Morgan fingerprint density at radius 2 is 1.96 bits per heavy atom. The number of nitrogen functional groups attached to an aromatic ring is 1. The Labute approximate surface area is 147 Å². The van der Waals surface area contributed by atoms with Crippen LogP contribution in [-0.2, 0) is 14.1 Å². The smallest absolute Gasteiger partial charge is 0.400 e. The number of nitrogens with one attached hydrogen (secondary N) is 1. The Bertz CT molecular complexity index is 663. The largest absolute Gasteiger partial charge is 0.492 e. The molecule has 1 amide bonds. The Morgan fingerprint density at radius 3 is 2.46 bits per heavy atom. The fourth-order valence-corrected chi connectivity index (χ4v) is 2.29. The number of aromatic nitrogens is 2. The summed E-state index contributed by atoms with van der Waals surface area (Å²) < 4.78 is 12.1. The third-order valence-electron chi connectivity index (χ3n) is 4.19. The molecule has 0 aliphatic carbocycles. The molecule has 1 fully saturated rings. The standard InChI is InChI=1S/C15H22BClN4O3/c1-9(22)19-7-10(6-11-13(17)21-12(18)8-20-11)16-23-14(2,3)15(4,5)24-16/h6,8H,7H2,1-5H3,(H2,18,21)(H,19,22). The summed E-state index contributed by atoms with van der Waals surface area (Å²) in [7, 11) is -0.628. The van der Waals surface area contributed by atoms with E-state index in [-0.39, 0.29) is 23.4 Å². The lowest BCUT2D eigenvalue weighted by Crippen LogP contribution is -2.41. The molecule has 3 N–H and O–H groups in total. The molecular weight excluding hydrogens is 330 g/mol. The highest BCUT2D eigenvalue weighted by Crippen LogP contribution is 2.38. The molecule has 0 spiro atoms. The summed E-state index contributed by atoms with van der Waals surface area (Å²) >= 11 is 6.09. The summed E-state index contributed by atoms with van der Waals surface area (Å²) in [4.78, 5) is 19.4. The van der Waals surface area contributed by atoms with E-state index in [1.165, 1.54) is 13.1 Å². The Balaban J connectivity index is 2.35.